The van der Waals surface area contributed by atoms with Crippen molar-refractivity contribution in [2.75, 3.05) is 19.6 Å². The van der Waals surface area contributed by atoms with Gasteiger partial charge in [-0.25, -0.2) is 0 Å². The second-order valence-corrected chi connectivity index (χ2v) is 7.25. The van der Waals surface area contributed by atoms with Gasteiger partial charge in [0.05, 0.1) is 34.9 Å². The van der Waals surface area contributed by atoms with Crippen molar-refractivity contribution in [1.82, 2.24) is 10.2 Å². The molecular weight excluding hydrogens is 351 g/mol. The van der Waals surface area contributed by atoms with Gasteiger partial charge < -0.3 is 20.1 Å². The van der Waals surface area contributed by atoms with Crippen molar-refractivity contribution in [3.63, 3.8) is 0 Å². The van der Waals surface area contributed by atoms with Crippen molar-refractivity contribution in [2.24, 2.45) is 0 Å². The van der Waals surface area contributed by atoms with Gasteiger partial charge >= 0.3 is 0 Å². The van der Waals surface area contributed by atoms with E-state index < -0.39 is 6.10 Å². The molecule has 5 nitrogen and oxygen atoms in total. The van der Waals surface area contributed by atoms with E-state index in [9.17, 15) is 9.90 Å². The summed E-state index contributed by atoms with van der Waals surface area (Å²) >= 11 is 11.9. The predicted molar refractivity (Wildman–Crippen MR) is 93.3 cm³/mol. The molecule has 3 rings (SSSR count). The van der Waals surface area contributed by atoms with Crippen LogP contribution in [0.15, 0.2) is 18.2 Å². The summed E-state index contributed by atoms with van der Waals surface area (Å²) in [6.45, 7) is 2.38. The molecule has 1 aromatic carbocycles. The minimum atomic E-state index is -0.411. The summed E-state index contributed by atoms with van der Waals surface area (Å²) in [5.41, 5.74) is 0.993. The van der Waals surface area contributed by atoms with Crippen molar-refractivity contribution in [2.45, 2.75) is 44.1 Å². The Kier molecular flexibility index (Phi) is 6.00. The van der Waals surface area contributed by atoms with Crippen LogP contribution in [-0.4, -0.2) is 53.8 Å². The lowest BCUT2D eigenvalue weighted by atomic mass is 10.1. The average Bonchev–Trinajstić information content (AvgIpc) is 3.02. The molecule has 0 aromatic heterocycles. The van der Waals surface area contributed by atoms with Gasteiger partial charge in [-0.1, -0.05) is 29.3 Å². The highest BCUT2D eigenvalue weighted by atomic mass is 35.5. The first-order chi connectivity index (χ1) is 11.5. The van der Waals surface area contributed by atoms with Crippen molar-refractivity contribution >= 4 is 29.1 Å². The highest BCUT2D eigenvalue weighted by molar-refractivity contribution is 6.42. The van der Waals surface area contributed by atoms with Crippen LogP contribution >= 0.6 is 23.2 Å². The third-order valence-corrected chi connectivity index (χ3v) is 5.37. The fourth-order valence-electron chi connectivity index (χ4n) is 3.21. The summed E-state index contributed by atoms with van der Waals surface area (Å²) in [5.74, 6) is 0.0921. The zero-order chi connectivity index (χ0) is 17.1. The number of β-amino-alcohol motifs (C(OH)–C–C–N with tert-alkyl or cyclic N) is 1. The summed E-state index contributed by atoms with van der Waals surface area (Å²) in [7, 11) is 0. The lowest BCUT2D eigenvalue weighted by molar-refractivity contribution is -0.136. The molecule has 0 aliphatic carbocycles. The molecule has 0 bridgehead atoms. The Hall–Kier alpha value is -0.850. The molecule has 2 atom stereocenters. The van der Waals surface area contributed by atoms with E-state index in [4.69, 9.17) is 27.9 Å². The summed E-state index contributed by atoms with van der Waals surface area (Å²) in [6.07, 6.45) is 1.88. The number of aliphatic hydroxyl groups excluding tert-OH is 1. The molecule has 0 spiro atoms. The first-order valence-electron chi connectivity index (χ1n) is 8.28. The van der Waals surface area contributed by atoms with E-state index in [0.717, 1.165) is 18.4 Å². The van der Waals surface area contributed by atoms with Crippen molar-refractivity contribution in [1.29, 1.82) is 0 Å². The molecule has 0 radical (unpaired) electrons. The number of rotatable bonds is 4. The van der Waals surface area contributed by atoms with E-state index in [1.165, 1.54) is 0 Å². The van der Waals surface area contributed by atoms with E-state index in [1.807, 2.05) is 17.0 Å². The summed E-state index contributed by atoms with van der Waals surface area (Å²) < 4.78 is 5.94. The molecule has 1 amide bonds. The fourth-order valence-corrected chi connectivity index (χ4v) is 3.53. The SMILES string of the molecule is O=C([C@@H]1C[C@@H](O)CN1)N1CCC(OCc2ccc(Cl)c(Cl)c2)CC1. The van der Waals surface area contributed by atoms with Crippen molar-refractivity contribution in [3.8, 4) is 0 Å². The monoisotopic (exact) mass is 372 g/mol. The summed E-state index contributed by atoms with van der Waals surface area (Å²) in [4.78, 5) is 14.3. The quantitative estimate of drug-likeness (QED) is 0.850. The molecular formula is C17H22Cl2N2O3. The van der Waals surface area contributed by atoms with E-state index in [0.29, 0.717) is 42.7 Å². The highest BCUT2D eigenvalue weighted by Crippen LogP contribution is 2.24. The Balaban J connectivity index is 1.43. The standard InChI is InChI=1S/C17H22Cl2N2O3/c18-14-2-1-11(7-15(14)19)10-24-13-3-5-21(6-4-13)17(23)16-8-12(22)9-20-16/h1-2,7,12-13,16,20,22H,3-6,8-10H2/t12-,16+/m1/s1. The van der Waals surface area contributed by atoms with Crippen molar-refractivity contribution < 1.29 is 14.6 Å². The first-order valence-corrected chi connectivity index (χ1v) is 9.04. The third-order valence-electron chi connectivity index (χ3n) is 4.63. The number of ether oxygens (including phenoxy) is 1. The molecule has 24 heavy (non-hydrogen) atoms. The largest absolute Gasteiger partial charge is 0.392 e. The van der Waals surface area contributed by atoms with Crippen LogP contribution in [0.5, 0.6) is 0 Å². The third kappa shape index (κ3) is 4.41. The number of carbonyl (C=O) groups is 1. The number of nitrogens with zero attached hydrogens (tertiary/aromatic N) is 1. The molecule has 132 valence electrons. The minimum Gasteiger partial charge on any atom is -0.392 e. The van der Waals surface area contributed by atoms with Gasteiger partial charge in [0.25, 0.3) is 0 Å². The molecule has 2 saturated heterocycles. The molecule has 0 unspecified atom stereocenters. The number of carbonyl (C=O) groups excluding carboxylic acids is 1. The lowest BCUT2D eigenvalue weighted by Gasteiger charge is -2.33. The van der Waals surface area contributed by atoms with Gasteiger partial charge in [-0.05, 0) is 37.0 Å². The summed E-state index contributed by atoms with van der Waals surface area (Å²) in [6, 6.07) is 5.25. The maximum atomic E-state index is 12.4. The lowest BCUT2D eigenvalue weighted by Crippen LogP contribution is -2.48. The zero-order valence-corrected chi connectivity index (χ0v) is 14.9. The topological polar surface area (TPSA) is 61.8 Å². The van der Waals surface area contributed by atoms with Crippen LogP contribution in [0.3, 0.4) is 0 Å². The smallest absolute Gasteiger partial charge is 0.239 e. The van der Waals surface area contributed by atoms with Gasteiger partial charge in [-0.3, -0.25) is 4.79 Å². The molecule has 2 heterocycles. The van der Waals surface area contributed by atoms with Gasteiger partial charge in [0.1, 0.15) is 0 Å². The number of likely N-dealkylation sites (tertiary alicyclic amines) is 1. The van der Waals surface area contributed by atoms with E-state index in [-0.39, 0.29) is 18.1 Å². The van der Waals surface area contributed by atoms with Crippen LogP contribution < -0.4 is 5.32 Å². The second kappa shape index (κ2) is 8.02. The average molecular weight is 373 g/mol. The Morgan fingerprint density at radius 1 is 1.29 bits per heavy atom. The van der Waals surface area contributed by atoms with Crippen LogP contribution in [-0.2, 0) is 16.1 Å². The van der Waals surface area contributed by atoms with Gasteiger partial charge in [0.2, 0.25) is 5.91 Å². The highest BCUT2D eigenvalue weighted by Gasteiger charge is 2.33. The molecule has 2 fully saturated rings. The number of nitrogens with one attached hydrogen (secondary N) is 1. The minimum absolute atomic E-state index is 0.0921. The molecule has 2 aliphatic heterocycles. The van der Waals surface area contributed by atoms with Gasteiger partial charge in [0, 0.05) is 19.6 Å². The second-order valence-electron chi connectivity index (χ2n) is 6.43. The molecule has 2 aliphatic rings. The maximum absolute atomic E-state index is 12.4. The first kappa shape index (κ1) is 18.0. The van der Waals surface area contributed by atoms with Gasteiger partial charge in [-0.15, -0.1) is 0 Å². The molecule has 2 N–H and O–H groups in total. The number of aliphatic hydroxyl groups is 1. The number of benzene rings is 1. The number of amides is 1. The molecule has 0 saturated carbocycles. The Labute approximate surface area is 151 Å². The number of hydrogen-bond donors (Lipinski definition) is 2. The maximum Gasteiger partial charge on any atom is 0.239 e. The number of hydrogen-bond acceptors (Lipinski definition) is 4. The van der Waals surface area contributed by atoms with E-state index >= 15 is 0 Å². The van der Waals surface area contributed by atoms with Gasteiger partial charge in [0.15, 0.2) is 0 Å². The van der Waals surface area contributed by atoms with Crippen LogP contribution in [0, 0.1) is 0 Å². The fraction of sp³-hybridized carbons (Fsp3) is 0.588. The number of halogens is 2. The summed E-state index contributed by atoms with van der Waals surface area (Å²) in [5, 5.41) is 13.7. The zero-order valence-electron chi connectivity index (χ0n) is 13.4. The molecule has 1 aromatic rings. The van der Waals surface area contributed by atoms with Crippen LogP contribution in [0.1, 0.15) is 24.8 Å². The van der Waals surface area contributed by atoms with Crippen LogP contribution in [0.25, 0.3) is 0 Å². The van der Waals surface area contributed by atoms with E-state index in [2.05, 4.69) is 5.32 Å². The number of piperidine rings is 1. The van der Waals surface area contributed by atoms with Crippen LogP contribution in [0.4, 0.5) is 0 Å². The van der Waals surface area contributed by atoms with E-state index in [1.54, 1.807) is 6.07 Å². The molecule has 7 heteroatoms. The van der Waals surface area contributed by atoms with Crippen LogP contribution in [0.2, 0.25) is 10.0 Å². The predicted octanol–water partition coefficient (Wildman–Crippen LogP) is 2.22. The van der Waals surface area contributed by atoms with Gasteiger partial charge in [-0.2, -0.15) is 0 Å². The Bertz CT molecular complexity index is 591. The van der Waals surface area contributed by atoms with Crippen molar-refractivity contribution in [3.05, 3.63) is 33.8 Å². The Morgan fingerprint density at radius 2 is 2.04 bits per heavy atom. The normalized spacial score (nSPS) is 25.2. The Morgan fingerprint density at radius 3 is 2.67 bits per heavy atom.